The number of nitrogens with zero attached hydrogens (tertiary/aromatic N) is 4. The van der Waals surface area contributed by atoms with E-state index in [9.17, 15) is 0 Å². The quantitative estimate of drug-likeness (QED) is 0.588. The van der Waals surface area contributed by atoms with Crippen LogP contribution in [0.5, 0.6) is 0 Å². The summed E-state index contributed by atoms with van der Waals surface area (Å²) in [7, 11) is 0. The molecule has 0 radical (unpaired) electrons. The second-order valence-corrected chi connectivity index (χ2v) is 5.57. The standard InChI is InChI=1S/C15H13N5OS/c1-10-13(6-7-21-10)14-18-19-15(20(14)17)22-9-12-5-3-2-4-11(12)8-16/h2-7H,9,17H2,1H3. The molecule has 0 atom stereocenters. The van der Waals surface area contributed by atoms with Crippen LogP contribution in [0.2, 0.25) is 0 Å². The van der Waals surface area contributed by atoms with Crippen LogP contribution in [-0.4, -0.2) is 14.9 Å². The minimum Gasteiger partial charge on any atom is -0.469 e. The summed E-state index contributed by atoms with van der Waals surface area (Å²) < 4.78 is 6.71. The maximum atomic E-state index is 9.10. The van der Waals surface area contributed by atoms with Crippen molar-refractivity contribution in [3.8, 4) is 17.5 Å². The third kappa shape index (κ3) is 2.56. The lowest BCUT2D eigenvalue weighted by atomic mass is 10.1. The number of nitrogens with two attached hydrogens (primary N) is 1. The molecule has 0 aliphatic carbocycles. The van der Waals surface area contributed by atoms with E-state index in [-0.39, 0.29) is 0 Å². The molecule has 110 valence electrons. The molecule has 0 aliphatic rings. The lowest BCUT2D eigenvalue weighted by molar-refractivity contribution is 0.535. The minimum absolute atomic E-state index is 0.558. The summed E-state index contributed by atoms with van der Waals surface area (Å²) in [6.07, 6.45) is 1.59. The van der Waals surface area contributed by atoms with Crippen molar-refractivity contribution < 1.29 is 4.42 Å². The molecule has 2 heterocycles. The summed E-state index contributed by atoms with van der Waals surface area (Å²) in [6, 6.07) is 11.5. The molecule has 7 heteroatoms. The lowest BCUT2D eigenvalue weighted by Crippen LogP contribution is -2.11. The highest BCUT2D eigenvalue weighted by molar-refractivity contribution is 7.98. The summed E-state index contributed by atoms with van der Waals surface area (Å²) in [6.45, 7) is 1.85. The van der Waals surface area contributed by atoms with Crippen LogP contribution in [0.3, 0.4) is 0 Å². The second kappa shape index (κ2) is 5.95. The van der Waals surface area contributed by atoms with Gasteiger partial charge in [0.25, 0.3) is 0 Å². The van der Waals surface area contributed by atoms with Crippen LogP contribution in [0, 0.1) is 18.3 Å². The zero-order valence-electron chi connectivity index (χ0n) is 11.9. The Labute approximate surface area is 131 Å². The van der Waals surface area contributed by atoms with E-state index in [1.165, 1.54) is 16.4 Å². The average molecular weight is 311 g/mol. The van der Waals surface area contributed by atoms with E-state index in [1.807, 2.05) is 31.2 Å². The van der Waals surface area contributed by atoms with Gasteiger partial charge in [-0.3, -0.25) is 0 Å². The van der Waals surface area contributed by atoms with Crippen molar-refractivity contribution in [3.05, 3.63) is 53.5 Å². The molecule has 2 N–H and O–H groups in total. The van der Waals surface area contributed by atoms with E-state index >= 15 is 0 Å². The van der Waals surface area contributed by atoms with E-state index in [0.29, 0.717) is 22.3 Å². The molecule has 0 bridgehead atoms. The summed E-state index contributed by atoms with van der Waals surface area (Å²) in [5.74, 6) is 7.96. The lowest BCUT2D eigenvalue weighted by Gasteiger charge is -2.04. The Bertz CT molecular complexity index is 846. The number of nitriles is 1. The third-order valence-corrected chi connectivity index (χ3v) is 4.25. The van der Waals surface area contributed by atoms with E-state index < -0.39 is 0 Å². The van der Waals surface area contributed by atoms with E-state index in [1.54, 1.807) is 12.3 Å². The SMILES string of the molecule is Cc1occc1-c1nnc(SCc2ccccc2C#N)n1N. The van der Waals surface area contributed by atoms with Crippen LogP contribution >= 0.6 is 11.8 Å². The maximum absolute atomic E-state index is 9.10. The molecule has 6 nitrogen and oxygen atoms in total. The van der Waals surface area contributed by atoms with Crippen molar-refractivity contribution >= 4 is 11.8 Å². The van der Waals surface area contributed by atoms with Gasteiger partial charge in [-0.1, -0.05) is 30.0 Å². The maximum Gasteiger partial charge on any atom is 0.210 e. The Kier molecular flexibility index (Phi) is 3.85. The first-order chi connectivity index (χ1) is 10.7. The van der Waals surface area contributed by atoms with Gasteiger partial charge in [0.15, 0.2) is 5.82 Å². The Hall–Kier alpha value is -2.72. The van der Waals surface area contributed by atoms with Crippen LogP contribution in [0.25, 0.3) is 11.4 Å². The molecular formula is C15H13N5OS. The molecule has 3 aromatic rings. The van der Waals surface area contributed by atoms with Gasteiger partial charge in [0.2, 0.25) is 5.16 Å². The van der Waals surface area contributed by atoms with E-state index in [0.717, 1.165) is 16.9 Å². The predicted molar refractivity (Wildman–Crippen MR) is 83.3 cm³/mol. The van der Waals surface area contributed by atoms with Gasteiger partial charge in [0.1, 0.15) is 5.76 Å². The number of aromatic nitrogens is 3. The number of hydrogen-bond acceptors (Lipinski definition) is 6. The van der Waals surface area contributed by atoms with Gasteiger partial charge in [-0.2, -0.15) is 5.26 Å². The zero-order valence-corrected chi connectivity index (χ0v) is 12.7. The Morgan fingerprint density at radius 3 is 2.86 bits per heavy atom. The minimum atomic E-state index is 0.558. The van der Waals surface area contributed by atoms with Crippen molar-refractivity contribution in [3.63, 3.8) is 0 Å². The molecule has 22 heavy (non-hydrogen) atoms. The molecule has 1 aromatic carbocycles. The van der Waals surface area contributed by atoms with Crippen LogP contribution < -0.4 is 5.84 Å². The topological polar surface area (TPSA) is 93.7 Å². The third-order valence-electron chi connectivity index (χ3n) is 3.26. The smallest absolute Gasteiger partial charge is 0.210 e. The van der Waals surface area contributed by atoms with E-state index in [2.05, 4.69) is 16.3 Å². The van der Waals surface area contributed by atoms with Gasteiger partial charge in [-0.05, 0) is 24.6 Å². The normalized spacial score (nSPS) is 10.5. The van der Waals surface area contributed by atoms with Gasteiger partial charge >= 0.3 is 0 Å². The molecule has 3 rings (SSSR count). The number of furan rings is 1. The molecule has 0 saturated carbocycles. The number of nitrogen functional groups attached to an aromatic ring is 1. The molecular weight excluding hydrogens is 298 g/mol. The Balaban J connectivity index is 1.82. The number of benzene rings is 1. The Morgan fingerprint density at radius 1 is 1.32 bits per heavy atom. The number of rotatable bonds is 4. The van der Waals surface area contributed by atoms with Crippen molar-refractivity contribution in [2.75, 3.05) is 5.84 Å². The van der Waals surface area contributed by atoms with Crippen LogP contribution in [0.1, 0.15) is 16.9 Å². The summed E-state index contributed by atoms with van der Waals surface area (Å²) in [5.41, 5.74) is 2.42. The average Bonchev–Trinajstić information content (AvgIpc) is 3.11. The molecule has 0 aliphatic heterocycles. The summed E-state index contributed by atoms with van der Waals surface area (Å²) >= 11 is 1.44. The molecule has 0 fully saturated rings. The Morgan fingerprint density at radius 2 is 2.14 bits per heavy atom. The largest absolute Gasteiger partial charge is 0.469 e. The molecule has 0 spiro atoms. The van der Waals surface area contributed by atoms with Crippen LogP contribution in [0.4, 0.5) is 0 Å². The highest BCUT2D eigenvalue weighted by Crippen LogP contribution is 2.27. The number of aryl methyl sites for hydroxylation is 1. The number of thioether (sulfide) groups is 1. The van der Waals surface area contributed by atoms with Gasteiger partial charge in [0, 0.05) is 5.75 Å². The summed E-state index contributed by atoms with van der Waals surface area (Å²) in [4.78, 5) is 0. The van der Waals surface area contributed by atoms with Crippen molar-refractivity contribution in [2.45, 2.75) is 17.8 Å². The highest BCUT2D eigenvalue weighted by atomic mass is 32.2. The van der Waals surface area contributed by atoms with Gasteiger partial charge in [-0.25, -0.2) is 4.68 Å². The van der Waals surface area contributed by atoms with Crippen molar-refractivity contribution in [2.24, 2.45) is 0 Å². The first-order valence-corrected chi connectivity index (χ1v) is 7.55. The second-order valence-electron chi connectivity index (χ2n) is 4.62. The van der Waals surface area contributed by atoms with Gasteiger partial charge in [-0.15, -0.1) is 10.2 Å². The van der Waals surface area contributed by atoms with Crippen molar-refractivity contribution in [1.82, 2.24) is 14.9 Å². The fourth-order valence-corrected chi connectivity index (χ4v) is 2.93. The van der Waals surface area contributed by atoms with Gasteiger partial charge < -0.3 is 10.3 Å². The van der Waals surface area contributed by atoms with Crippen LogP contribution in [-0.2, 0) is 5.75 Å². The fourth-order valence-electron chi connectivity index (χ4n) is 2.07. The molecule has 0 unspecified atom stereocenters. The number of hydrogen-bond donors (Lipinski definition) is 1. The highest BCUT2D eigenvalue weighted by Gasteiger charge is 2.16. The monoisotopic (exact) mass is 311 g/mol. The predicted octanol–water partition coefficient (Wildman–Crippen LogP) is 2.72. The van der Waals surface area contributed by atoms with E-state index in [4.69, 9.17) is 15.5 Å². The van der Waals surface area contributed by atoms with Crippen LogP contribution in [0.15, 0.2) is 46.2 Å². The van der Waals surface area contributed by atoms with Gasteiger partial charge in [0.05, 0.1) is 23.5 Å². The first-order valence-electron chi connectivity index (χ1n) is 6.56. The van der Waals surface area contributed by atoms with Crippen molar-refractivity contribution in [1.29, 1.82) is 5.26 Å². The summed E-state index contributed by atoms with van der Waals surface area (Å²) in [5, 5.41) is 17.9. The first kappa shape index (κ1) is 14.2. The molecule has 0 saturated heterocycles. The molecule has 2 aromatic heterocycles. The zero-order chi connectivity index (χ0) is 15.5. The fraction of sp³-hybridized carbons (Fsp3) is 0.133. The molecule has 0 amide bonds.